The van der Waals surface area contributed by atoms with Crippen LogP contribution in [0.15, 0.2) is 48.5 Å². The first-order chi connectivity index (χ1) is 15.9. The number of imidazole rings is 1. The normalized spacial score (nSPS) is 11.4. The quantitative estimate of drug-likeness (QED) is 0.281. The molecule has 7 heteroatoms. The minimum absolute atomic E-state index is 0.209. The van der Waals surface area contributed by atoms with E-state index >= 15 is 0 Å². The van der Waals surface area contributed by atoms with Crippen LogP contribution in [0.2, 0.25) is 5.02 Å². The van der Waals surface area contributed by atoms with Gasteiger partial charge in [-0.05, 0) is 73.9 Å². The molecule has 0 spiro atoms. The van der Waals surface area contributed by atoms with E-state index in [1.807, 2.05) is 51.1 Å². The highest BCUT2D eigenvalue weighted by Crippen LogP contribution is 2.41. The van der Waals surface area contributed by atoms with Crippen molar-refractivity contribution in [1.29, 1.82) is 0 Å². The molecular formula is C26H22ClN3O2S. The molecule has 0 unspecified atom stereocenters. The van der Waals surface area contributed by atoms with E-state index < -0.39 is 0 Å². The number of H-pyrrole nitrogens is 1. The van der Waals surface area contributed by atoms with Crippen molar-refractivity contribution >= 4 is 50.2 Å². The lowest BCUT2D eigenvalue weighted by atomic mass is 9.93. The number of rotatable bonds is 5. The Hall–Kier alpha value is -3.22. The molecule has 1 N–H and O–H groups in total. The summed E-state index contributed by atoms with van der Waals surface area (Å²) in [6.07, 6.45) is 0.209. The summed E-state index contributed by atoms with van der Waals surface area (Å²) >= 11 is 7.78. The van der Waals surface area contributed by atoms with Crippen molar-refractivity contribution in [3.8, 4) is 21.7 Å². The predicted octanol–water partition coefficient (Wildman–Crippen LogP) is 6.88. The van der Waals surface area contributed by atoms with Gasteiger partial charge in [-0.25, -0.2) is 9.97 Å². The molecule has 0 fully saturated rings. The fourth-order valence-electron chi connectivity index (χ4n) is 4.14. The molecule has 0 aliphatic carbocycles. The van der Waals surface area contributed by atoms with Gasteiger partial charge in [0.15, 0.2) is 0 Å². The Labute approximate surface area is 200 Å². The lowest BCUT2D eigenvalue weighted by Gasteiger charge is -2.14. The second-order valence-corrected chi connectivity index (χ2v) is 9.39. The number of benzene rings is 3. The van der Waals surface area contributed by atoms with E-state index in [2.05, 4.69) is 28.2 Å². The zero-order valence-electron chi connectivity index (χ0n) is 18.5. The van der Waals surface area contributed by atoms with Gasteiger partial charge in [0.1, 0.15) is 10.8 Å². The summed E-state index contributed by atoms with van der Waals surface area (Å²) in [5.41, 5.74) is 7.84. The van der Waals surface area contributed by atoms with Crippen molar-refractivity contribution in [2.45, 2.75) is 27.2 Å². The van der Waals surface area contributed by atoms with E-state index in [1.54, 1.807) is 11.3 Å². The lowest BCUT2D eigenvalue weighted by Crippen LogP contribution is -2.09. The molecule has 0 aliphatic rings. The summed E-state index contributed by atoms with van der Waals surface area (Å²) in [6.45, 7) is 6.15. The van der Waals surface area contributed by atoms with Gasteiger partial charge in [0.25, 0.3) is 0 Å². The second-order valence-electron chi connectivity index (χ2n) is 7.96. The molecule has 0 atom stereocenters. The Morgan fingerprint density at radius 3 is 2.55 bits per heavy atom. The van der Waals surface area contributed by atoms with E-state index in [4.69, 9.17) is 21.3 Å². The van der Waals surface area contributed by atoms with Crippen LogP contribution in [0.1, 0.15) is 23.9 Å². The average molecular weight is 476 g/mol. The molecule has 166 valence electrons. The van der Waals surface area contributed by atoms with Gasteiger partial charge in [-0.3, -0.25) is 4.79 Å². The molecule has 0 amide bonds. The third-order valence-electron chi connectivity index (χ3n) is 5.62. The van der Waals surface area contributed by atoms with Crippen molar-refractivity contribution in [3.05, 3.63) is 70.5 Å². The highest BCUT2D eigenvalue weighted by atomic mass is 35.5. The Kier molecular flexibility index (Phi) is 5.64. The van der Waals surface area contributed by atoms with Crippen LogP contribution in [-0.4, -0.2) is 27.5 Å². The third kappa shape index (κ3) is 4.12. The highest BCUT2D eigenvalue weighted by Gasteiger charge is 2.20. The molecule has 0 radical (unpaired) electrons. The molecule has 2 aromatic heterocycles. The monoisotopic (exact) mass is 475 g/mol. The van der Waals surface area contributed by atoms with Crippen LogP contribution >= 0.6 is 22.9 Å². The average Bonchev–Trinajstić information content (AvgIpc) is 3.37. The number of esters is 1. The lowest BCUT2D eigenvalue weighted by molar-refractivity contribution is -0.142. The second kappa shape index (κ2) is 8.61. The largest absolute Gasteiger partial charge is 0.466 e. The first-order valence-electron chi connectivity index (χ1n) is 10.7. The van der Waals surface area contributed by atoms with Crippen molar-refractivity contribution in [1.82, 2.24) is 15.0 Å². The molecule has 2 heterocycles. The van der Waals surface area contributed by atoms with Crippen LogP contribution in [0.3, 0.4) is 0 Å². The van der Waals surface area contributed by atoms with Gasteiger partial charge in [0, 0.05) is 16.1 Å². The Morgan fingerprint density at radius 2 is 1.79 bits per heavy atom. The van der Waals surface area contributed by atoms with Crippen LogP contribution in [0.4, 0.5) is 0 Å². The fraction of sp³-hybridized carbons (Fsp3) is 0.192. The molecule has 5 aromatic rings. The van der Waals surface area contributed by atoms with E-state index in [1.165, 1.54) is 0 Å². The number of ether oxygens (including phenoxy) is 1. The topological polar surface area (TPSA) is 67.9 Å². The van der Waals surface area contributed by atoms with Crippen LogP contribution in [-0.2, 0) is 16.0 Å². The molecule has 33 heavy (non-hydrogen) atoms. The van der Waals surface area contributed by atoms with Gasteiger partial charge in [0.05, 0.1) is 34.3 Å². The smallest absolute Gasteiger partial charge is 0.310 e. The summed E-state index contributed by atoms with van der Waals surface area (Å²) in [6, 6.07) is 15.9. The predicted molar refractivity (Wildman–Crippen MR) is 135 cm³/mol. The number of aryl methyl sites for hydroxylation is 2. The number of nitrogens with one attached hydrogen (secondary N) is 1. The Morgan fingerprint density at radius 1 is 1.03 bits per heavy atom. The Bertz CT molecular complexity index is 1500. The molecular weight excluding hydrogens is 454 g/mol. The molecule has 5 nitrogen and oxygen atoms in total. The summed E-state index contributed by atoms with van der Waals surface area (Å²) in [5.74, 6) is 0.649. The number of fused-ring (bicyclic) bond motifs is 2. The number of nitrogens with zero attached hydrogens (tertiary/aromatic N) is 2. The molecule has 3 aromatic carbocycles. The molecule has 5 rings (SSSR count). The maximum atomic E-state index is 12.4. The van der Waals surface area contributed by atoms with E-state index in [-0.39, 0.29) is 12.4 Å². The van der Waals surface area contributed by atoms with Crippen molar-refractivity contribution in [2.24, 2.45) is 0 Å². The number of halogens is 1. The summed E-state index contributed by atoms with van der Waals surface area (Å²) < 4.78 is 6.30. The summed E-state index contributed by atoms with van der Waals surface area (Å²) in [5, 5.41) is 1.59. The van der Waals surface area contributed by atoms with Gasteiger partial charge in [-0.2, -0.15) is 0 Å². The van der Waals surface area contributed by atoms with Crippen LogP contribution in [0.5, 0.6) is 0 Å². The number of aromatic amines is 1. The van der Waals surface area contributed by atoms with Crippen molar-refractivity contribution in [3.63, 3.8) is 0 Å². The summed E-state index contributed by atoms with van der Waals surface area (Å²) in [7, 11) is 0. The van der Waals surface area contributed by atoms with Crippen molar-refractivity contribution < 1.29 is 9.53 Å². The first kappa shape index (κ1) is 21.6. The number of thiazole rings is 1. The van der Waals surface area contributed by atoms with Crippen LogP contribution in [0, 0.1) is 13.8 Å². The van der Waals surface area contributed by atoms with E-state index in [0.29, 0.717) is 11.6 Å². The zero-order chi connectivity index (χ0) is 23.1. The van der Waals surface area contributed by atoms with E-state index in [0.717, 1.165) is 59.9 Å². The zero-order valence-corrected chi connectivity index (χ0v) is 20.1. The van der Waals surface area contributed by atoms with Gasteiger partial charge in [0.2, 0.25) is 0 Å². The highest BCUT2D eigenvalue weighted by molar-refractivity contribution is 7.22. The maximum absolute atomic E-state index is 12.4. The first-order valence-corrected chi connectivity index (χ1v) is 11.9. The maximum Gasteiger partial charge on any atom is 0.310 e. The van der Waals surface area contributed by atoms with Crippen molar-refractivity contribution in [2.75, 3.05) is 6.61 Å². The molecule has 0 aliphatic heterocycles. The molecule has 0 saturated carbocycles. The SMILES string of the molecule is CCOC(=O)Cc1c(C)cc2nc(-c3ccc4nc(C)[nH]c4c3)sc2c1-c1ccc(Cl)cc1. The number of carbonyl (C=O) groups is 1. The number of carbonyl (C=O) groups excluding carboxylic acids is 1. The standard InChI is InChI=1S/C26H22ClN3O2S/c1-4-32-23(31)13-19-14(2)11-22-25(24(19)16-5-8-18(27)9-6-16)33-26(30-22)17-7-10-20-21(12-17)29-15(3)28-20/h5-12H,4,13H2,1-3H3,(H,28,29). The number of hydrogen-bond donors (Lipinski definition) is 1. The van der Waals surface area contributed by atoms with E-state index in [9.17, 15) is 4.79 Å². The van der Waals surface area contributed by atoms with Gasteiger partial charge < -0.3 is 9.72 Å². The Balaban J connectivity index is 1.71. The van der Waals surface area contributed by atoms with Crippen LogP contribution < -0.4 is 0 Å². The number of aromatic nitrogens is 3. The minimum atomic E-state index is -0.236. The van der Waals surface area contributed by atoms with Gasteiger partial charge in [-0.1, -0.05) is 23.7 Å². The van der Waals surface area contributed by atoms with Crippen LogP contribution in [0.25, 0.3) is 42.9 Å². The van der Waals surface area contributed by atoms with Gasteiger partial charge >= 0.3 is 5.97 Å². The fourth-order valence-corrected chi connectivity index (χ4v) is 5.40. The molecule has 0 bridgehead atoms. The number of hydrogen-bond acceptors (Lipinski definition) is 5. The summed E-state index contributed by atoms with van der Waals surface area (Å²) in [4.78, 5) is 25.2. The minimum Gasteiger partial charge on any atom is -0.466 e. The molecule has 0 saturated heterocycles. The van der Waals surface area contributed by atoms with Gasteiger partial charge in [-0.15, -0.1) is 11.3 Å². The third-order valence-corrected chi connectivity index (χ3v) is 7.01.